The van der Waals surface area contributed by atoms with Gasteiger partial charge in [0, 0.05) is 6.54 Å². The highest BCUT2D eigenvalue weighted by Gasteiger charge is 2.33. The summed E-state index contributed by atoms with van der Waals surface area (Å²) >= 11 is 3.92. The topological polar surface area (TPSA) is 102 Å². The summed E-state index contributed by atoms with van der Waals surface area (Å²) in [6, 6.07) is 1.12. The third-order valence-corrected chi connectivity index (χ3v) is 6.39. The number of thiophene rings is 1. The SMILES string of the molecule is CC1(C)OCC(CNS(=O)(=O)c2cc(C(=O)O)sc2Br)O1. The highest BCUT2D eigenvalue weighted by molar-refractivity contribution is 9.11. The predicted octanol–water partition coefficient (Wildman–Crippen LogP) is 1.64. The number of carboxylic acids is 1. The molecule has 1 aromatic heterocycles. The Morgan fingerprint density at radius 1 is 1.62 bits per heavy atom. The number of aromatic carboxylic acids is 1. The lowest BCUT2D eigenvalue weighted by Gasteiger charge is -2.17. The van der Waals surface area contributed by atoms with Gasteiger partial charge in [-0.05, 0) is 35.8 Å². The first-order valence-corrected chi connectivity index (χ1v) is 9.04. The summed E-state index contributed by atoms with van der Waals surface area (Å²) in [5.74, 6) is -1.90. The van der Waals surface area contributed by atoms with Crippen LogP contribution in [0, 0.1) is 0 Å². The van der Waals surface area contributed by atoms with Crippen LogP contribution in [-0.2, 0) is 19.5 Å². The van der Waals surface area contributed by atoms with Gasteiger partial charge < -0.3 is 14.6 Å². The van der Waals surface area contributed by atoms with Gasteiger partial charge in [0.25, 0.3) is 0 Å². The molecular formula is C11H14BrNO6S2. The maximum atomic E-state index is 12.2. The van der Waals surface area contributed by atoms with Gasteiger partial charge in [0.2, 0.25) is 10.0 Å². The smallest absolute Gasteiger partial charge is 0.345 e. The van der Waals surface area contributed by atoms with Crippen molar-refractivity contribution < 1.29 is 27.8 Å². The summed E-state index contributed by atoms with van der Waals surface area (Å²) in [5.41, 5.74) is 0. The Kier molecular flexibility index (Phi) is 4.76. The molecule has 1 aliphatic heterocycles. The zero-order chi connectivity index (χ0) is 15.8. The first-order valence-electron chi connectivity index (χ1n) is 5.95. The van der Waals surface area contributed by atoms with E-state index >= 15 is 0 Å². The van der Waals surface area contributed by atoms with E-state index in [2.05, 4.69) is 20.7 Å². The van der Waals surface area contributed by atoms with Crippen LogP contribution in [-0.4, -0.2) is 44.5 Å². The zero-order valence-electron chi connectivity index (χ0n) is 11.3. The summed E-state index contributed by atoms with van der Waals surface area (Å²) in [5, 5.41) is 8.89. The second-order valence-corrected chi connectivity index (χ2v) is 8.96. The first-order chi connectivity index (χ1) is 9.61. The van der Waals surface area contributed by atoms with Crippen molar-refractivity contribution in [2.75, 3.05) is 13.2 Å². The lowest BCUT2D eigenvalue weighted by Crippen LogP contribution is -2.34. The molecule has 1 aromatic rings. The Labute approximate surface area is 134 Å². The van der Waals surface area contributed by atoms with Gasteiger partial charge in [-0.2, -0.15) is 0 Å². The number of carboxylic acid groups (broad SMARTS) is 1. The van der Waals surface area contributed by atoms with Gasteiger partial charge >= 0.3 is 5.97 Å². The van der Waals surface area contributed by atoms with Gasteiger partial charge in [0.1, 0.15) is 9.77 Å². The van der Waals surface area contributed by atoms with E-state index in [1.807, 2.05) is 0 Å². The monoisotopic (exact) mass is 399 g/mol. The minimum atomic E-state index is -3.81. The number of hydrogen-bond donors (Lipinski definition) is 2. The molecule has 0 saturated carbocycles. The lowest BCUT2D eigenvalue weighted by molar-refractivity contribution is -0.137. The molecule has 21 heavy (non-hydrogen) atoms. The number of nitrogens with one attached hydrogen (secondary N) is 1. The third-order valence-electron chi connectivity index (χ3n) is 2.72. The standard InChI is InChI=1S/C11H14BrNO6S2/c1-11(2)18-5-6(19-11)4-13-21(16,17)8-3-7(10(14)15)20-9(8)12/h3,6,13H,4-5H2,1-2H3,(H,14,15). The third kappa shape index (κ3) is 4.02. The lowest BCUT2D eigenvalue weighted by atomic mass is 10.4. The van der Waals surface area contributed by atoms with Crippen LogP contribution in [0.15, 0.2) is 14.7 Å². The van der Waals surface area contributed by atoms with Gasteiger partial charge in [-0.1, -0.05) is 0 Å². The van der Waals surface area contributed by atoms with E-state index < -0.39 is 21.8 Å². The molecule has 1 unspecified atom stereocenters. The molecule has 118 valence electrons. The van der Waals surface area contributed by atoms with Crippen LogP contribution in [0.3, 0.4) is 0 Å². The van der Waals surface area contributed by atoms with Gasteiger partial charge in [-0.3, -0.25) is 0 Å². The molecule has 0 aliphatic carbocycles. The summed E-state index contributed by atoms with van der Waals surface area (Å²) in [6.07, 6.45) is -0.383. The molecule has 0 aromatic carbocycles. The van der Waals surface area contributed by atoms with E-state index in [1.54, 1.807) is 13.8 Å². The van der Waals surface area contributed by atoms with E-state index in [-0.39, 0.29) is 26.2 Å². The van der Waals surface area contributed by atoms with E-state index in [0.717, 1.165) is 17.4 Å². The second kappa shape index (κ2) is 5.94. The van der Waals surface area contributed by atoms with Crippen molar-refractivity contribution in [3.05, 3.63) is 14.7 Å². The largest absolute Gasteiger partial charge is 0.477 e. The van der Waals surface area contributed by atoms with Gasteiger partial charge in [0.05, 0.1) is 16.5 Å². The molecule has 1 atom stereocenters. The normalized spacial score (nSPS) is 21.6. The summed E-state index contributed by atoms with van der Waals surface area (Å²) in [7, 11) is -3.81. The second-order valence-electron chi connectivity index (χ2n) is 4.86. The highest BCUT2D eigenvalue weighted by Crippen LogP contribution is 2.31. The number of ether oxygens (including phenoxy) is 2. The molecule has 1 aliphatic rings. The molecule has 1 fully saturated rings. The fraction of sp³-hybridized carbons (Fsp3) is 0.545. The Morgan fingerprint density at radius 3 is 2.76 bits per heavy atom. The van der Waals surface area contributed by atoms with Crippen LogP contribution < -0.4 is 4.72 Å². The van der Waals surface area contributed by atoms with E-state index in [9.17, 15) is 13.2 Å². The highest BCUT2D eigenvalue weighted by atomic mass is 79.9. The van der Waals surface area contributed by atoms with Crippen molar-refractivity contribution in [1.29, 1.82) is 0 Å². The van der Waals surface area contributed by atoms with Crippen LogP contribution in [0.5, 0.6) is 0 Å². The molecule has 7 nitrogen and oxygen atoms in total. The number of hydrogen-bond acceptors (Lipinski definition) is 6. The molecule has 2 heterocycles. The molecule has 0 spiro atoms. The average Bonchev–Trinajstić information content (AvgIpc) is 2.90. The van der Waals surface area contributed by atoms with Crippen LogP contribution in [0.4, 0.5) is 0 Å². The molecule has 0 amide bonds. The zero-order valence-corrected chi connectivity index (χ0v) is 14.5. The molecule has 0 radical (unpaired) electrons. The number of carbonyl (C=O) groups is 1. The number of sulfonamides is 1. The van der Waals surface area contributed by atoms with Crippen molar-refractivity contribution in [1.82, 2.24) is 4.72 Å². The van der Waals surface area contributed by atoms with Crippen LogP contribution >= 0.6 is 27.3 Å². The summed E-state index contributed by atoms with van der Waals surface area (Å²) in [4.78, 5) is 10.7. The maximum Gasteiger partial charge on any atom is 0.345 e. The fourth-order valence-electron chi connectivity index (χ4n) is 1.78. The van der Waals surface area contributed by atoms with Crippen molar-refractivity contribution in [2.45, 2.75) is 30.6 Å². The van der Waals surface area contributed by atoms with Crippen molar-refractivity contribution >= 4 is 43.3 Å². The maximum absolute atomic E-state index is 12.2. The van der Waals surface area contributed by atoms with E-state index in [4.69, 9.17) is 14.6 Å². The van der Waals surface area contributed by atoms with E-state index in [1.165, 1.54) is 0 Å². The molecule has 10 heteroatoms. The average molecular weight is 400 g/mol. The van der Waals surface area contributed by atoms with Crippen LogP contribution in [0.1, 0.15) is 23.5 Å². The van der Waals surface area contributed by atoms with Crippen molar-refractivity contribution in [2.24, 2.45) is 0 Å². The summed E-state index contributed by atoms with van der Waals surface area (Å²) in [6.45, 7) is 3.84. The molecule has 0 bridgehead atoms. The van der Waals surface area contributed by atoms with Gasteiger partial charge in [-0.15, -0.1) is 11.3 Å². The Bertz CT molecular complexity index is 654. The number of rotatable bonds is 5. The van der Waals surface area contributed by atoms with Crippen molar-refractivity contribution in [3.63, 3.8) is 0 Å². The minimum absolute atomic E-state index is 0.0520. The Hall–Kier alpha value is -0.520. The van der Waals surface area contributed by atoms with Crippen molar-refractivity contribution in [3.8, 4) is 0 Å². The summed E-state index contributed by atoms with van der Waals surface area (Å²) < 4.78 is 37.9. The number of halogens is 1. The van der Waals surface area contributed by atoms with E-state index in [0.29, 0.717) is 6.61 Å². The minimum Gasteiger partial charge on any atom is -0.477 e. The Morgan fingerprint density at radius 2 is 2.29 bits per heavy atom. The quantitative estimate of drug-likeness (QED) is 0.779. The molecule has 2 rings (SSSR count). The first kappa shape index (κ1) is 16.8. The molecule has 2 N–H and O–H groups in total. The fourth-order valence-corrected chi connectivity index (χ4v) is 5.25. The molecular weight excluding hydrogens is 386 g/mol. The van der Waals surface area contributed by atoms with Gasteiger partial charge in [0.15, 0.2) is 5.79 Å². The molecule has 1 saturated heterocycles. The van der Waals surface area contributed by atoms with Crippen LogP contribution in [0.2, 0.25) is 0 Å². The van der Waals surface area contributed by atoms with Crippen LogP contribution in [0.25, 0.3) is 0 Å². The van der Waals surface area contributed by atoms with Gasteiger partial charge in [-0.25, -0.2) is 17.9 Å². The predicted molar refractivity (Wildman–Crippen MR) is 79.1 cm³/mol. The Balaban J connectivity index is 2.07.